The largest absolute Gasteiger partial charge is 0.351 e. The molecular formula is C20H32N2OS. The van der Waals surface area contributed by atoms with Gasteiger partial charge in [-0.25, -0.2) is 0 Å². The average Bonchev–Trinajstić information content (AvgIpc) is 2.51. The Morgan fingerprint density at radius 2 is 2.00 bits per heavy atom. The molecule has 0 radical (unpaired) electrons. The Hall–Kier alpha value is -1.00. The molecule has 0 bridgehead atoms. The van der Waals surface area contributed by atoms with Crippen LogP contribution in [0.1, 0.15) is 56.5 Å². The molecule has 4 heteroatoms. The first-order valence-electron chi connectivity index (χ1n) is 9.07. The summed E-state index contributed by atoms with van der Waals surface area (Å²) < 4.78 is 0.248. The molecular weight excluding hydrogens is 316 g/mol. The minimum absolute atomic E-state index is 0.0302. The zero-order chi connectivity index (χ0) is 17.6. The van der Waals surface area contributed by atoms with Gasteiger partial charge in [0.25, 0.3) is 5.91 Å². The van der Waals surface area contributed by atoms with Crippen LogP contribution < -0.4 is 5.32 Å². The highest BCUT2D eigenvalue weighted by molar-refractivity contribution is 8.00. The maximum absolute atomic E-state index is 12.2. The Morgan fingerprint density at radius 3 is 2.62 bits per heavy atom. The normalized spacial score (nSPS) is 19.2. The molecule has 1 amide bonds. The lowest BCUT2D eigenvalue weighted by atomic mass is 9.99. The van der Waals surface area contributed by atoms with Crippen LogP contribution in [0.15, 0.2) is 24.3 Å². The molecule has 1 aliphatic rings. The average molecular weight is 349 g/mol. The van der Waals surface area contributed by atoms with Crippen molar-refractivity contribution in [2.75, 3.05) is 25.4 Å². The quantitative estimate of drug-likeness (QED) is 0.783. The minimum atomic E-state index is 0.0302. The number of hydrogen-bond acceptors (Lipinski definition) is 3. The number of nitrogens with one attached hydrogen (secondary N) is 1. The molecule has 134 valence electrons. The van der Waals surface area contributed by atoms with E-state index in [1.165, 1.54) is 31.5 Å². The second-order valence-corrected chi connectivity index (χ2v) is 9.82. The van der Waals surface area contributed by atoms with Gasteiger partial charge in [-0.3, -0.25) is 9.69 Å². The first-order chi connectivity index (χ1) is 11.3. The highest BCUT2D eigenvalue weighted by Crippen LogP contribution is 2.22. The molecule has 1 heterocycles. The summed E-state index contributed by atoms with van der Waals surface area (Å²) in [5, 5.41) is 3.01. The Morgan fingerprint density at radius 1 is 1.29 bits per heavy atom. The third kappa shape index (κ3) is 6.86. The SMILES string of the molecule is C[C@@H]1CCCN(Cc2ccc(C(=O)NCCSC(C)(C)C)cc2)C1. The van der Waals surface area contributed by atoms with Gasteiger partial charge in [0.2, 0.25) is 0 Å². The fourth-order valence-corrected chi connectivity index (χ4v) is 3.89. The number of hydrogen-bond donors (Lipinski definition) is 1. The van der Waals surface area contributed by atoms with Gasteiger partial charge < -0.3 is 5.32 Å². The fraction of sp³-hybridized carbons (Fsp3) is 0.650. The minimum Gasteiger partial charge on any atom is -0.351 e. The van der Waals surface area contributed by atoms with Crippen LogP contribution in [-0.2, 0) is 6.54 Å². The zero-order valence-corrected chi connectivity index (χ0v) is 16.4. The van der Waals surface area contributed by atoms with E-state index in [1.807, 2.05) is 23.9 Å². The third-order valence-corrected chi connectivity index (χ3v) is 5.56. The van der Waals surface area contributed by atoms with Gasteiger partial charge >= 0.3 is 0 Å². The highest BCUT2D eigenvalue weighted by atomic mass is 32.2. The van der Waals surface area contributed by atoms with E-state index in [0.717, 1.165) is 23.8 Å². The summed E-state index contributed by atoms with van der Waals surface area (Å²) in [5.74, 6) is 1.78. The molecule has 0 aromatic heterocycles. The molecule has 1 N–H and O–H groups in total. The van der Waals surface area contributed by atoms with Crippen LogP contribution in [0.25, 0.3) is 0 Å². The number of carbonyl (C=O) groups excluding carboxylic acids is 1. The Balaban J connectivity index is 1.77. The van der Waals surface area contributed by atoms with Crippen LogP contribution in [0.5, 0.6) is 0 Å². The van der Waals surface area contributed by atoms with Gasteiger partial charge in [0.15, 0.2) is 0 Å². The van der Waals surface area contributed by atoms with Crippen molar-refractivity contribution in [1.82, 2.24) is 10.2 Å². The summed E-state index contributed by atoms with van der Waals surface area (Å²) in [6, 6.07) is 8.10. The molecule has 0 spiro atoms. The number of rotatable bonds is 6. The molecule has 0 aliphatic carbocycles. The van der Waals surface area contributed by atoms with Gasteiger partial charge in [-0.05, 0) is 43.0 Å². The van der Waals surface area contributed by atoms with Crippen molar-refractivity contribution in [2.24, 2.45) is 5.92 Å². The van der Waals surface area contributed by atoms with E-state index in [2.05, 4.69) is 50.0 Å². The Labute approximate surface area is 151 Å². The monoisotopic (exact) mass is 348 g/mol. The smallest absolute Gasteiger partial charge is 0.251 e. The first-order valence-corrected chi connectivity index (χ1v) is 10.1. The Bertz CT molecular complexity index is 521. The van der Waals surface area contributed by atoms with Gasteiger partial charge in [-0.2, -0.15) is 11.8 Å². The lowest BCUT2D eigenvalue weighted by Crippen LogP contribution is -2.33. The van der Waals surface area contributed by atoms with Crippen molar-refractivity contribution >= 4 is 17.7 Å². The number of nitrogens with zero attached hydrogens (tertiary/aromatic N) is 1. The van der Waals surface area contributed by atoms with Crippen molar-refractivity contribution < 1.29 is 4.79 Å². The molecule has 1 aromatic carbocycles. The molecule has 0 saturated carbocycles. The number of piperidine rings is 1. The van der Waals surface area contributed by atoms with Crippen LogP contribution >= 0.6 is 11.8 Å². The van der Waals surface area contributed by atoms with E-state index < -0.39 is 0 Å². The Kier molecular flexibility index (Phi) is 7.17. The van der Waals surface area contributed by atoms with E-state index in [9.17, 15) is 4.79 Å². The predicted octanol–water partition coefficient (Wildman–Crippen LogP) is 4.18. The van der Waals surface area contributed by atoms with Crippen LogP contribution in [0.4, 0.5) is 0 Å². The predicted molar refractivity (Wildman–Crippen MR) is 105 cm³/mol. The molecule has 0 unspecified atom stereocenters. The van der Waals surface area contributed by atoms with Gasteiger partial charge in [-0.1, -0.05) is 39.8 Å². The van der Waals surface area contributed by atoms with Crippen LogP contribution in [0.3, 0.4) is 0 Å². The van der Waals surface area contributed by atoms with Gasteiger partial charge in [0.1, 0.15) is 0 Å². The molecule has 3 nitrogen and oxygen atoms in total. The van der Waals surface area contributed by atoms with Gasteiger partial charge in [-0.15, -0.1) is 0 Å². The molecule has 1 fully saturated rings. The number of benzene rings is 1. The lowest BCUT2D eigenvalue weighted by molar-refractivity contribution is 0.0956. The molecule has 1 aromatic rings. The second kappa shape index (κ2) is 8.91. The molecule has 2 rings (SSSR count). The summed E-state index contributed by atoms with van der Waals surface area (Å²) in [6.07, 6.45) is 2.65. The van der Waals surface area contributed by atoms with Crippen molar-refractivity contribution in [1.29, 1.82) is 0 Å². The van der Waals surface area contributed by atoms with Gasteiger partial charge in [0.05, 0.1) is 0 Å². The molecule has 1 saturated heterocycles. The van der Waals surface area contributed by atoms with Crippen LogP contribution in [0.2, 0.25) is 0 Å². The van der Waals surface area contributed by atoms with Crippen LogP contribution in [0, 0.1) is 5.92 Å². The van der Waals surface area contributed by atoms with Crippen LogP contribution in [-0.4, -0.2) is 40.9 Å². The topological polar surface area (TPSA) is 32.3 Å². The summed E-state index contributed by atoms with van der Waals surface area (Å²) in [6.45, 7) is 13.0. The number of amides is 1. The maximum Gasteiger partial charge on any atom is 0.251 e. The van der Waals surface area contributed by atoms with E-state index in [1.54, 1.807) is 0 Å². The summed E-state index contributed by atoms with van der Waals surface area (Å²) >= 11 is 1.87. The molecule has 1 atom stereocenters. The molecule has 24 heavy (non-hydrogen) atoms. The number of likely N-dealkylation sites (tertiary alicyclic amines) is 1. The van der Waals surface area contributed by atoms with Gasteiger partial charge in [0, 0.05) is 35.7 Å². The zero-order valence-electron chi connectivity index (χ0n) is 15.6. The maximum atomic E-state index is 12.2. The number of carbonyl (C=O) groups is 1. The number of thioether (sulfide) groups is 1. The third-order valence-electron chi connectivity index (χ3n) is 4.29. The summed E-state index contributed by atoms with van der Waals surface area (Å²) in [5.41, 5.74) is 2.05. The van der Waals surface area contributed by atoms with E-state index in [-0.39, 0.29) is 10.7 Å². The van der Waals surface area contributed by atoms with Crippen molar-refractivity contribution in [3.05, 3.63) is 35.4 Å². The highest BCUT2D eigenvalue weighted by Gasteiger charge is 2.16. The second-order valence-electron chi connectivity index (χ2n) is 7.90. The van der Waals surface area contributed by atoms with E-state index >= 15 is 0 Å². The standard InChI is InChI=1S/C20H32N2OS/c1-16-6-5-12-22(14-16)15-17-7-9-18(10-8-17)19(23)21-11-13-24-20(2,3)4/h7-10,16H,5-6,11-15H2,1-4H3,(H,21,23)/t16-/m1/s1. The fourth-order valence-electron chi connectivity index (χ4n) is 3.07. The molecule has 1 aliphatic heterocycles. The summed E-state index contributed by atoms with van der Waals surface area (Å²) in [7, 11) is 0. The lowest BCUT2D eigenvalue weighted by Gasteiger charge is -2.30. The summed E-state index contributed by atoms with van der Waals surface area (Å²) in [4.78, 5) is 14.7. The van der Waals surface area contributed by atoms with E-state index in [0.29, 0.717) is 6.54 Å². The van der Waals surface area contributed by atoms with E-state index in [4.69, 9.17) is 0 Å². The van der Waals surface area contributed by atoms with Crippen molar-refractivity contribution in [3.63, 3.8) is 0 Å². The van der Waals surface area contributed by atoms with Crippen molar-refractivity contribution in [2.45, 2.75) is 51.8 Å². The first kappa shape index (κ1) is 19.3. The van der Waals surface area contributed by atoms with Crippen molar-refractivity contribution in [3.8, 4) is 0 Å².